The summed E-state index contributed by atoms with van der Waals surface area (Å²) in [5.41, 5.74) is 1.99. The number of anilines is 1. The average molecular weight is 454 g/mol. The summed E-state index contributed by atoms with van der Waals surface area (Å²) >= 11 is 12.9. The van der Waals surface area contributed by atoms with Gasteiger partial charge in [0.1, 0.15) is 0 Å². The van der Waals surface area contributed by atoms with E-state index in [4.69, 9.17) is 23.2 Å². The second kappa shape index (κ2) is 6.67. The molecule has 1 atom stereocenters. The summed E-state index contributed by atoms with van der Waals surface area (Å²) < 4.78 is 26.7. The van der Waals surface area contributed by atoms with E-state index in [0.717, 1.165) is 11.1 Å². The fourth-order valence-corrected chi connectivity index (χ4v) is 5.83. The fraction of sp³-hybridized carbons (Fsp3) is 0.400. The Balaban J connectivity index is 1.80. The van der Waals surface area contributed by atoms with Crippen LogP contribution in [0.4, 0.5) is 5.69 Å². The number of benzene rings is 1. The average Bonchev–Trinajstić information content (AvgIpc) is 2.86. The number of aromatic nitrogens is 1. The first kappa shape index (κ1) is 20.6. The molecule has 0 bridgehead atoms. The molecular formula is C20H21Cl2N3O3S. The molecule has 6 nitrogen and oxygen atoms in total. The maximum Gasteiger partial charge on any atom is 0.268 e. The van der Waals surface area contributed by atoms with Gasteiger partial charge in [0.15, 0.2) is 0 Å². The number of rotatable bonds is 4. The van der Waals surface area contributed by atoms with Crippen molar-refractivity contribution in [1.82, 2.24) is 9.71 Å². The lowest BCUT2D eigenvalue weighted by atomic mass is 9.80. The molecule has 3 heterocycles. The molecular weight excluding hydrogens is 433 g/mol. The zero-order valence-electron chi connectivity index (χ0n) is 16.2. The largest absolute Gasteiger partial charge is 0.303 e. The summed E-state index contributed by atoms with van der Waals surface area (Å²) in [6.45, 7) is 6.04. The SMILES string of the molecule is CC1CC(C)(C)N2C(=O)C(Cl)(Cl)c3cc(S(=O)(=O)NCc4cccnc4)cc1c32. The van der Waals surface area contributed by atoms with Gasteiger partial charge in [0, 0.05) is 30.0 Å². The highest BCUT2D eigenvalue weighted by Gasteiger charge is 2.56. The van der Waals surface area contributed by atoms with Gasteiger partial charge >= 0.3 is 0 Å². The van der Waals surface area contributed by atoms with Crippen LogP contribution in [0.3, 0.4) is 0 Å². The van der Waals surface area contributed by atoms with E-state index >= 15 is 0 Å². The molecule has 1 aromatic heterocycles. The normalized spacial score (nSPS) is 21.9. The Morgan fingerprint density at radius 3 is 2.69 bits per heavy atom. The zero-order chi connectivity index (χ0) is 21.2. The van der Waals surface area contributed by atoms with Gasteiger partial charge in [0.05, 0.1) is 10.6 Å². The van der Waals surface area contributed by atoms with E-state index in [1.54, 1.807) is 35.5 Å². The van der Waals surface area contributed by atoms with Crippen LogP contribution in [0.25, 0.3) is 0 Å². The van der Waals surface area contributed by atoms with Crippen LogP contribution in [-0.4, -0.2) is 24.8 Å². The number of amides is 1. The molecule has 154 valence electrons. The van der Waals surface area contributed by atoms with Gasteiger partial charge in [-0.3, -0.25) is 9.78 Å². The monoisotopic (exact) mass is 453 g/mol. The Morgan fingerprint density at radius 1 is 1.31 bits per heavy atom. The third kappa shape index (κ3) is 3.24. The maximum atomic E-state index is 13.0. The molecule has 2 aliphatic rings. The van der Waals surface area contributed by atoms with Crippen LogP contribution in [0.2, 0.25) is 0 Å². The van der Waals surface area contributed by atoms with E-state index in [2.05, 4.69) is 9.71 Å². The highest BCUT2D eigenvalue weighted by atomic mass is 35.5. The predicted molar refractivity (Wildman–Crippen MR) is 113 cm³/mol. The highest BCUT2D eigenvalue weighted by Crippen LogP contribution is 2.57. The van der Waals surface area contributed by atoms with Crippen molar-refractivity contribution in [2.75, 3.05) is 4.90 Å². The summed E-state index contributed by atoms with van der Waals surface area (Å²) in [6.07, 6.45) is 3.88. The lowest BCUT2D eigenvalue weighted by molar-refractivity contribution is -0.119. The number of pyridine rings is 1. The lowest BCUT2D eigenvalue weighted by Crippen LogP contribution is -2.51. The number of hydrogen-bond donors (Lipinski definition) is 1. The number of carbonyl (C=O) groups is 1. The van der Waals surface area contributed by atoms with Crippen molar-refractivity contribution in [1.29, 1.82) is 0 Å². The maximum absolute atomic E-state index is 13.0. The number of carbonyl (C=O) groups excluding carboxylic acids is 1. The van der Waals surface area contributed by atoms with E-state index in [-0.39, 0.29) is 17.4 Å². The minimum absolute atomic E-state index is 0.0403. The molecule has 0 saturated carbocycles. The molecule has 9 heteroatoms. The smallest absolute Gasteiger partial charge is 0.268 e. The van der Waals surface area contributed by atoms with Crippen molar-refractivity contribution in [2.24, 2.45) is 0 Å². The molecule has 0 saturated heterocycles. The molecule has 1 N–H and O–H groups in total. The predicted octanol–water partition coefficient (Wildman–Crippen LogP) is 3.82. The van der Waals surface area contributed by atoms with E-state index in [0.29, 0.717) is 17.7 Å². The fourth-order valence-electron chi connectivity index (χ4n) is 4.30. The second-order valence-corrected chi connectivity index (χ2v) is 11.3. The van der Waals surface area contributed by atoms with Crippen molar-refractivity contribution in [3.8, 4) is 0 Å². The van der Waals surface area contributed by atoms with E-state index in [1.807, 2.05) is 20.8 Å². The molecule has 29 heavy (non-hydrogen) atoms. The number of hydrogen-bond acceptors (Lipinski definition) is 4. The van der Waals surface area contributed by atoms with E-state index in [1.165, 1.54) is 6.07 Å². The van der Waals surface area contributed by atoms with Crippen molar-refractivity contribution in [3.63, 3.8) is 0 Å². The highest BCUT2D eigenvalue weighted by molar-refractivity contribution is 7.89. The standard InChI is InChI=1S/C20H21Cl2N3O3S/c1-12-9-19(2,3)25-17-15(12)7-14(8-16(17)20(21,22)18(25)26)29(27,28)24-11-13-5-4-6-23-10-13/h4-8,10,12,24H,9,11H2,1-3H3. The van der Waals surface area contributed by atoms with Gasteiger partial charge in [-0.15, -0.1) is 0 Å². The van der Waals surface area contributed by atoms with Crippen LogP contribution in [0.5, 0.6) is 0 Å². The van der Waals surface area contributed by atoms with Gasteiger partial charge in [-0.1, -0.05) is 36.2 Å². The summed E-state index contributed by atoms with van der Waals surface area (Å²) in [5, 5.41) is 0. The van der Waals surface area contributed by atoms with Crippen LogP contribution < -0.4 is 9.62 Å². The van der Waals surface area contributed by atoms with E-state index in [9.17, 15) is 13.2 Å². The molecule has 2 aromatic rings. The first-order valence-electron chi connectivity index (χ1n) is 9.24. The van der Waals surface area contributed by atoms with Gasteiger partial charge in [-0.2, -0.15) is 0 Å². The Labute approximate surface area is 180 Å². The minimum Gasteiger partial charge on any atom is -0.303 e. The quantitative estimate of drug-likeness (QED) is 0.713. The summed E-state index contributed by atoms with van der Waals surface area (Å²) in [4.78, 5) is 18.6. The van der Waals surface area contributed by atoms with Crippen LogP contribution in [0.15, 0.2) is 41.6 Å². The Bertz CT molecular complexity index is 1100. The number of alkyl halides is 2. The number of nitrogens with zero attached hydrogens (tertiary/aromatic N) is 2. The first-order chi connectivity index (χ1) is 13.4. The van der Waals surface area contributed by atoms with Crippen molar-refractivity contribution in [3.05, 3.63) is 53.3 Å². The minimum atomic E-state index is -3.85. The number of sulfonamides is 1. The van der Waals surface area contributed by atoms with Crippen LogP contribution >= 0.6 is 23.2 Å². The van der Waals surface area contributed by atoms with Gasteiger partial charge in [0.2, 0.25) is 14.4 Å². The van der Waals surface area contributed by atoms with Crippen molar-refractivity contribution < 1.29 is 13.2 Å². The van der Waals surface area contributed by atoms with Crippen LogP contribution in [-0.2, 0) is 25.7 Å². The van der Waals surface area contributed by atoms with Crippen LogP contribution in [0, 0.1) is 0 Å². The van der Waals surface area contributed by atoms with Gasteiger partial charge in [-0.25, -0.2) is 13.1 Å². The Hall–Kier alpha value is -1.67. The molecule has 0 fully saturated rings. The third-order valence-corrected chi connectivity index (χ3v) is 7.70. The Morgan fingerprint density at radius 2 is 2.03 bits per heavy atom. The molecule has 0 aliphatic carbocycles. The molecule has 2 aliphatic heterocycles. The molecule has 1 aromatic carbocycles. The first-order valence-corrected chi connectivity index (χ1v) is 11.5. The van der Waals surface area contributed by atoms with Crippen LogP contribution in [0.1, 0.15) is 49.8 Å². The molecule has 1 amide bonds. The van der Waals surface area contributed by atoms with Crippen molar-refractivity contribution in [2.45, 2.75) is 54.4 Å². The topological polar surface area (TPSA) is 79.4 Å². The summed E-state index contributed by atoms with van der Waals surface area (Å²) in [7, 11) is -3.85. The number of halogens is 2. The lowest BCUT2D eigenvalue weighted by Gasteiger charge is -2.43. The molecule has 1 unspecified atom stereocenters. The van der Waals surface area contributed by atoms with Gasteiger partial charge in [-0.05, 0) is 55.5 Å². The van der Waals surface area contributed by atoms with Crippen molar-refractivity contribution >= 4 is 44.8 Å². The third-order valence-electron chi connectivity index (χ3n) is 5.59. The summed E-state index contributed by atoms with van der Waals surface area (Å²) in [6, 6.07) is 6.56. The van der Waals surface area contributed by atoms with E-state index < -0.39 is 25.8 Å². The summed E-state index contributed by atoms with van der Waals surface area (Å²) in [5.74, 6) is -0.398. The molecule has 4 rings (SSSR count). The second-order valence-electron chi connectivity index (χ2n) is 8.23. The zero-order valence-corrected chi connectivity index (χ0v) is 18.6. The molecule has 0 spiro atoms. The Kier molecular flexibility index (Phi) is 4.74. The number of nitrogens with one attached hydrogen (secondary N) is 1. The van der Waals surface area contributed by atoms with Gasteiger partial charge in [0.25, 0.3) is 5.91 Å². The molecule has 0 radical (unpaired) electrons. The van der Waals surface area contributed by atoms with Gasteiger partial charge < -0.3 is 4.90 Å².